The van der Waals surface area contributed by atoms with Crippen molar-refractivity contribution >= 4 is 17.3 Å². The Bertz CT molecular complexity index is 652. The number of hydrogen-bond acceptors (Lipinski definition) is 3. The van der Waals surface area contributed by atoms with Crippen molar-refractivity contribution < 1.29 is 14.4 Å². The molecule has 0 saturated heterocycles. The summed E-state index contributed by atoms with van der Waals surface area (Å²) in [4.78, 5) is 37.6. The first kappa shape index (κ1) is 18.4. The van der Waals surface area contributed by atoms with Crippen molar-refractivity contribution in [3.05, 3.63) is 0 Å². The lowest BCUT2D eigenvalue weighted by Crippen LogP contribution is -2.57. The van der Waals surface area contributed by atoms with Crippen LogP contribution in [0, 0.1) is 46.3 Å². The highest BCUT2D eigenvalue weighted by molar-refractivity contribution is 5.87. The number of ketones is 3. The van der Waals surface area contributed by atoms with Crippen molar-refractivity contribution in [2.45, 2.75) is 79.1 Å². The molecule has 4 saturated carbocycles. The molecular formula is C23H34O3. The first-order valence-electron chi connectivity index (χ1n) is 10.7. The van der Waals surface area contributed by atoms with E-state index in [-0.39, 0.29) is 34.4 Å². The molecule has 0 amide bonds. The molecule has 0 aromatic heterocycles. The average molecular weight is 359 g/mol. The van der Waals surface area contributed by atoms with E-state index in [4.69, 9.17) is 0 Å². The second-order valence-electron chi connectivity index (χ2n) is 10.5. The molecule has 3 heteroatoms. The van der Waals surface area contributed by atoms with Crippen molar-refractivity contribution in [2.24, 2.45) is 46.3 Å². The maximum atomic E-state index is 13.4. The third-order valence-corrected chi connectivity index (χ3v) is 9.41. The highest BCUT2D eigenvalue weighted by Crippen LogP contribution is 2.66. The topological polar surface area (TPSA) is 51.2 Å². The van der Waals surface area contributed by atoms with Crippen molar-refractivity contribution in [1.82, 2.24) is 0 Å². The molecule has 0 aromatic carbocycles. The van der Waals surface area contributed by atoms with Crippen LogP contribution in [0.15, 0.2) is 0 Å². The third-order valence-electron chi connectivity index (χ3n) is 9.41. The second kappa shape index (κ2) is 6.01. The van der Waals surface area contributed by atoms with Crippen LogP contribution in [0.3, 0.4) is 0 Å². The number of carbonyl (C=O) groups excluding carboxylic acids is 3. The fourth-order valence-corrected chi connectivity index (χ4v) is 8.11. The Hall–Kier alpha value is -0.990. The zero-order chi connectivity index (χ0) is 18.9. The summed E-state index contributed by atoms with van der Waals surface area (Å²) in [6.45, 7) is 8.03. The largest absolute Gasteiger partial charge is 0.300 e. The van der Waals surface area contributed by atoms with Gasteiger partial charge in [0.15, 0.2) is 0 Å². The number of rotatable bonds is 2. The van der Waals surface area contributed by atoms with Crippen molar-refractivity contribution in [3.8, 4) is 0 Å². The average Bonchev–Trinajstić information content (AvgIpc) is 2.90. The van der Waals surface area contributed by atoms with Gasteiger partial charge in [-0.15, -0.1) is 0 Å². The molecule has 4 aliphatic carbocycles. The van der Waals surface area contributed by atoms with Crippen LogP contribution in [0.1, 0.15) is 79.1 Å². The van der Waals surface area contributed by atoms with Gasteiger partial charge >= 0.3 is 0 Å². The van der Waals surface area contributed by atoms with Crippen LogP contribution < -0.4 is 0 Å². The minimum atomic E-state index is -0.107. The molecule has 8 atom stereocenters. The van der Waals surface area contributed by atoms with E-state index in [1.54, 1.807) is 13.8 Å². The van der Waals surface area contributed by atoms with Gasteiger partial charge in [0.05, 0.1) is 0 Å². The van der Waals surface area contributed by atoms with E-state index in [0.717, 1.165) is 44.9 Å². The van der Waals surface area contributed by atoms with Crippen LogP contribution in [0.5, 0.6) is 0 Å². The Morgan fingerprint density at radius 2 is 1.65 bits per heavy atom. The van der Waals surface area contributed by atoms with Gasteiger partial charge in [0.1, 0.15) is 17.3 Å². The molecule has 4 fully saturated rings. The predicted octanol–water partition coefficient (Wildman–Crippen LogP) is 4.62. The van der Waals surface area contributed by atoms with Gasteiger partial charge < -0.3 is 0 Å². The molecule has 0 aromatic rings. The number of fused-ring (bicyclic) bond motifs is 5. The lowest BCUT2D eigenvalue weighted by atomic mass is 9.43. The first-order chi connectivity index (χ1) is 12.2. The van der Waals surface area contributed by atoms with Crippen molar-refractivity contribution in [3.63, 3.8) is 0 Å². The number of hydrogen-bond donors (Lipinski definition) is 0. The zero-order valence-electron chi connectivity index (χ0n) is 16.8. The summed E-state index contributed by atoms with van der Waals surface area (Å²) < 4.78 is 0. The van der Waals surface area contributed by atoms with Crippen LogP contribution >= 0.6 is 0 Å². The predicted molar refractivity (Wildman–Crippen MR) is 100 cm³/mol. The summed E-state index contributed by atoms with van der Waals surface area (Å²) in [5, 5.41) is 0. The van der Waals surface area contributed by atoms with Gasteiger partial charge in [-0.3, -0.25) is 14.4 Å². The molecule has 8 unspecified atom stereocenters. The molecule has 4 aliphatic rings. The SMILES string of the molecule is CC(=O)C1CCC2(C)C(CCC3C4CCC(C(C)=O)C4(C)CC(=O)C32)C1. The minimum absolute atomic E-state index is 0.0710. The Morgan fingerprint density at radius 3 is 2.31 bits per heavy atom. The van der Waals surface area contributed by atoms with Crippen LogP contribution in [-0.2, 0) is 14.4 Å². The molecular weight excluding hydrogens is 324 g/mol. The maximum Gasteiger partial charge on any atom is 0.137 e. The highest BCUT2D eigenvalue weighted by Gasteiger charge is 2.63. The summed E-state index contributed by atoms with van der Waals surface area (Å²) >= 11 is 0. The summed E-state index contributed by atoms with van der Waals surface area (Å²) in [6.07, 6.45) is 7.93. The maximum absolute atomic E-state index is 13.4. The molecule has 0 aliphatic heterocycles. The van der Waals surface area contributed by atoms with E-state index in [1.165, 1.54) is 0 Å². The highest BCUT2D eigenvalue weighted by atomic mass is 16.1. The van der Waals surface area contributed by atoms with E-state index in [2.05, 4.69) is 13.8 Å². The second-order valence-corrected chi connectivity index (χ2v) is 10.5. The molecule has 4 rings (SSSR count). The molecule has 26 heavy (non-hydrogen) atoms. The number of carbonyl (C=O) groups is 3. The quantitative estimate of drug-likeness (QED) is 0.724. The molecule has 0 bridgehead atoms. The normalized spacial score (nSPS) is 50.5. The Morgan fingerprint density at radius 1 is 0.923 bits per heavy atom. The summed E-state index contributed by atoms with van der Waals surface area (Å²) in [7, 11) is 0. The third kappa shape index (κ3) is 2.41. The summed E-state index contributed by atoms with van der Waals surface area (Å²) in [5.74, 6) is 3.00. The summed E-state index contributed by atoms with van der Waals surface area (Å²) in [5.41, 5.74) is -0.0363. The molecule has 3 nitrogen and oxygen atoms in total. The lowest BCUT2D eigenvalue weighted by Gasteiger charge is -2.60. The zero-order valence-corrected chi connectivity index (χ0v) is 16.8. The Balaban J connectivity index is 1.64. The van der Waals surface area contributed by atoms with E-state index in [9.17, 15) is 14.4 Å². The smallest absolute Gasteiger partial charge is 0.137 e. The van der Waals surface area contributed by atoms with Gasteiger partial charge in [-0.1, -0.05) is 13.8 Å². The van der Waals surface area contributed by atoms with E-state index in [1.807, 2.05) is 0 Å². The monoisotopic (exact) mass is 358 g/mol. The fraction of sp³-hybridized carbons (Fsp3) is 0.870. The first-order valence-corrected chi connectivity index (χ1v) is 10.7. The van der Waals surface area contributed by atoms with Crippen LogP contribution in [-0.4, -0.2) is 17.3 Å². The standard InChI is InChI=1S/C23H34O3/c1-13(24)15-9-10-22(3)16(11-15)5-6-17-19-8-7-18(14(2)25)23(19,4)12-20(26)21(17)22/h15-19,21H,5-12H2,1-4H3. The molecule has 0 radical (unpaired) electrons. The van der Waals surface area contributed by atoms with Gasteiger partial charge in [-0.05, 0) is 87.4 Å². The van der Waals surface area contributed by atoms with E-state index < -0.39 is 0 Å². The molecule has 0 N–H and O–H groups in total. The van der Waals surface area contributed by atoms with E-state index >= 15 is 0 Å². The van der Waals surface area contributed by atoms with Gasteiger partial charge in [0.25, 0.3) is 0 Å². The fourth-order valence-electron chi connectivity index (χ4n) is 8.11. The molecule has 0 heterocycles. The van der Waals surface area contributed by atoms with Crippen LogP contribution in [0.25, 0.3) is 0 Å². The summed E-state index contributed by atoms with van der Waals surface area (Å²) in [6, 6.07) is 0. The molecule has 144 valence electrons. The number of Topliss-reactive ketones (excluding diaryl/α,β-unsaturated/α-hetero) is 3. The van der Waals surface area contributed by atoms with Crippen molar-refractivity contribution in [2.75, 3.05) is 0 Å². The van der Waals surface area contributed by atoms with Crippen LogP contribution in [0.2, 0.25) is 0 Å². The Labute approximate surface area is 157 Å². The van der Waals surface area contributed by atoms with Gasteiger partial charge in [-0.2, -0.15) is 0 Å². The minimum Gasteiger partial charge on any atom is -0.300 e. The van der Waals surface area contributed by atoms with Gasteiger partial charge in [-0.25, -0.2) is 0 Å². The Kier molecular flexibility index (Phi) is 4.24. The van der Waals surface area contributed by atoms with Gasteiger partial charge in [0, 0.05) is 24.2 Å². The van der Waals surface area contributed by atoms with Crippen molar-refractivity contribution in [1.29, 1.82) is 0 Å². The van der Waals surface area contributed by atoms with Gasteiger partial charge in [0.2, 0.25) is 0 Å². The van der Waals surface area contributed by atoms with E-state index in [0.29, 0.717) is 35.7 Å². The molecule has 0 spiro atoms. The lowest BCUT2D eigenvalue weighted by molar-refractivity contribution is -0.160. The van der Waals surface area contributed by atoms with Crippen LogP contribution in [0.4, 0.5) is 0 Å².